The van der Waals surface area contributed by atoms with Gasteiger partial charge in [0.2, 0.25) is 11.8 Å². The molecule has 3 heterocycles. The van der Waals surface area contributed by atoms with Gasteiger partial charge in [0.15, 0.2) is 18.1 Å². The topological polar surface area (TPSA) is 161 Å². The quantitative estimate of drug-likeness (QED) is 0.132. The third-order valence-electron chi connectivity index (χ3n) is 10.1. The summed E-state index contributed by atoms with van der Waals surface area (Å²) in [6.45, 7) is -0.263. The normalized spacial score (nSPS) is 26.2. The van der Waals surface area contributed by atoms with Gasteiger partial charge in [0.05, 0.1) is 34.6 Å². The number of fused-ring (bicyclic) bond motifs is 9. The summed E-state index contributed by atoms with van der Waals surface area (Å²) >= 11 is 8.66. The molecule has 1 aromatic heterocycles. The molecule has 0 unspecified atom stereocenters. The third-order valence-corrected chi connectivity index (χ3v) is 12.9. The number of carbonyl (C=O) groups is 3. The van der Waals surface area contributed by atoms with E-state index in [1.54, 1.807) is 42.1 Å². The molecule has 49 heavy (non-hydrogen) atoms. The standard InChI is InChI=1S/C34H27ClN4O8S2/c1-46-23-12-15(2-11-22(23)47-14-24(40)36-17-5-3-16(35)4-6-17)25-26-20-13-21(29(26)48-31-30(25)49-34(43)37-31)28-27(20)32(41)38(33(28)42)18-7-9-19(10-8-18)39(44)45/h2-12,20-21,25-29H,13-14H2,1H3,(H,36,40)(H,37,43)/t20-,21-,25+,26-,27+,28+,29-/m1/s1. The zero-order valence-corrected chi connectivity index (χ0v) is 28.1. The van der Waals surface area contributed by atoms with Crippen LogP contribution in [0, 0.1) is 39.7 Å². The summed E-state index contributed by atoms with van der Waals surface area (Å²) in [4.78, 5) is 68.7. The Morgan fingerprint density at radius 3 is 2.43 bits per heavy atom. The van der Waals surface area contributed by atoms with E-state index < -0.39 is 16.8 Å². The third kappa shape index (κ3) is 5.20. The Balaban J connectivity index is 1.08. The highest BCUT2D eigenvalue weighted by Gasteiger charge is 2.69. The number of H-pyrrole nitrogens is 1. The van der Waals surface area contributed by atoms with Gasteiger partial charge >= 0.3 is 4.87 Å². The average Bonchev–Trinajstić information content (AvgIpc) is 3.83. The Hall–Kier alpha value is -4.66. The van der Waals surface area contributed by atoms with Crippen LogP contribution in [0.1, 0.15) is 22.8 Å². The second kappa shape index (κ2) is 12.0. The number of ether oxygens (including phenoxy) is 2. The van der Waals surface area contributed by atoms with E-state index in [9.17, 15) is 29.3 Å². The Labute approximate surface area is 291 Å². The number of halogens is 1. The van der Waals surface area contributed by atoms with E-state index in [1.165, 1.54) is 36.3 Å². The van der Waals surface area contributed by atoms with Crippen molar-refractivity contribution in [3.05, 3.63) is 102 Å². The van der Waals surface area contributed by atoms with Crippen molar-refractivity contribution >= 4 is 69.5 Å². The number of thioether (sulfide) groups is 1. The SMILES string of the molecule is COc1cc([C@@H]2c3sc(=O)[nH]c3S[C@@H]3[C@@H]4C[C@@H]([C@@H]5C(=O)N(c6ccc([N+](=O)[O-])cc6)C(=O)[C@@H]45)[C@H]23)ccc1OCC(=O)Nc1ccc(Cl)cc1. The zero-order chi connectivity index (χ0) is 34.1. The van der Waals surface area contributed by atoms with Crippen molar-refractivity contribution in [1.82, 2.24) is 4.98 Å². The molecule has 3 aromatic carbocycles. The van der Waals surface area contributed by atoms with Crippen LogP contribution in [0.4, 0.5) is 17.1 Å². The number of nitro groups is 1. The highest BCUT2D eigenvalue weighted by Crippen LogP contribution is 2.68. The minimum atomic E-state index is -0.530. The molecule has 4 aromatic rings. The fourth-order valence-corrected chi connectivity index (χ4v) is 11.3. The minimum Gasteiger partial charge on any atom is -0.493 e. The van der Waals surface area contributed by atoms with Crippen molar-refractivity contribution in [2.24, 2.45) is 29.6 Å². The lowest BCUT2D eigenvalue weighted by Crippen LogP contribution is -2.42. The number of rotatable bonds is 8. The molecule has 2 N–H and O–H groups in total. The molecule has 15 heteroatoms. The monoisotopic (exact) mass is 718 g/mol. The van der Waals surface area contributed by atoms with Crippen LogP contribution in [0.2, 0.25) is 5.02 Å². The van der Waals surface area contributed by atoms with Gasteiger partial charge in [-0.05, 0) is 78.3 Å². The second-order valence-corrected chi connectivity index (χ2v) is 15.1. The first-order valence-electron chi connectivity index (χ1n) is 15.5. The lowest BCUT2D eigenvalue weighted by molar-refractivity contribution is -0.384. The average molecular weight is 719 g/mol. The van der Waals surface area contributed by atoms with Crippen molar-refractivity contribution in [1.29, 1.82) is 0 Å². The van der Waals surface area contributed by atoms with Crippen LogP contribution < -0.4 is 24.6 Å². The van der Waals surface area contributed by atoms with E-state index in [-0.39, 0.29) is 63.8 Å². The predicted molar refractivity (Wildman–Crippen MR) is 183 cm³/mol. The first-order valence-corrected chi connectivity index (χ1v) is 17.6. The van der Waals surface area contributed by atoms with Crippen molar-refractivity contribution in [2.45, 2.75) is 22.6 Å². The van der Waals surface area contributed by atoms with Crippen LogP contribution in [0.15, 0.2) is 76.6 Å². The van der Waals surface area contributed by atoms with Crippen LogP contribution >= 0.6 is 34.7 Å². The van der Waals surface area contributed by atoms with E-state index in [0.29, 0.717) is 34.3 Å². The Bertz CT molecular complexity index is 2080. The molecule has 0 radical (unpaired) electrons. The smallest absolute Gasteiger partial charge is 0.305 e. The number of non-ortho nitro benzene ring substituents is 1. The molecule has 2 aliphatic heterocycles. The maximum Gasteiger partial charge on any atom is 0.305 e. The van der Waals surface area contributed by atoms with Gasteiger partial charge in [-0.3, -0.25) is 34.2 Å². The van der Waals surface area contributed by atoms with Gasteiger partial charge in [0, 0.05) is 38.9 Å². The molecular formula is C34H27ClN4O8S2. The predicted octanol–water partition coefficient (Wildman–Crippen LogP) is 5.70. The highest BCUT2D eigenvalue weighted by atomic mass is 35.5. The van der Waals surface area contributed by atoms with Crippen LogP contribution in [-0.4, -0.2) is 46.6 Å². The number of anilines is 2. The first kappa shape index (κ1) is 31.6. The fourth-order valence-electron chi connectivity index (χ4n) is 8.24. The second-order valence-electron chi connectivity index (χ2n) is 12.5. The zero-order valence-electron chi connectivity index (χ0n) is 25.7. The molecule has 3 fully saturated rings. The van der Waals surface area contributed by atoms with E-state index in [0.717, 1.165) is 26.8 Å². The summed E-state index contributed by atoms with van der Waals surface area (Å²) in [5, 5.41) is 15.2. The maximum absolute atomic E-state index is 14.0. The fraction of sp³-hybridized carbons (Fsp3) is 0.294. The number of nitrogens with one attached hydrogen (secondary N) is 2. The molecular weight excluding hydrogens is 692 g/mol. The number of imide groups is 1. The van der Waals surface area contributed by atoms with Crippen molar-refractivity contribution in [3.8, 4) is 11.5 Å². The van der Waals surface area contributed by atoms with Crippen LogP contribution in [0.3, 0.4) is 0 Å². The lowest BCUT2D eigenvalue weighted by Gasteiger charge is -2.43. The largest absolute Gasteiger partial charge is 0.493 e. The number of thiazole rings is 1. The summed E-state index contributed by atoms with van der Waals surface area (Å²) in [5.41, 5.74) is 1.65. The van der Waals surface area contributed by atoms with Gasteiger partial charge in [-0.2, -0.15) is 0 Å². The summed E-state index contributed by atoms with van der Waals surface area (Å²) in [5.74, 6) is -1.70. The molecule has 2 aliphatic carbocycles. The number of nitro benzene ring substituents is 1. The molecule has 0 spiro atoms. The van der Waals surface area contributed by atoms with Crippen LogP contribution in [-0.2, 0) is 14.4 Å². The molecule has 3 amide bonds. The lowest BCUT2D eigenvalue weighted by atomic mass is 9.68. The summed E-state index contributed by atoms with van der Waals surface area (Å²) < 4.78 is 11.6. The number of methoxy groups -OCH3 is 1. The van der Waals surface area contributed by atoms with Crippen LogP contribution in [0.25, 0.3) is 0 Å². The minimum absolute atomic E-state index is 0.0268. The molecule has 1 saturated heterocycles. The number of carbonyl (C=O) groups excluding carboxylic acids is 3. The number of benzene rings is 3. The molecule has 7 atom stereocenters. The number of amides is 3. The molecule has 2 saturated carbocycles. The van der Waals surface area contributed by atoms with Crippen molar-refractivity contribution < 1.29 is 28.8 Å². The summed E-state index contributed by atoms with van der Waals surface area (Å²) in [6.07, 6.45) is 0.708. The van der Waals surface area contributed by atoms with Gasteiger partial charge in [0.25, 0.3) is 11.6 Å². The maximum atomic E-state index is 14.0. The van der Waals surface area contributed by atoms with Gasteiger partial charge in [-0.25, -0.2) is 0 Å². The van der Waals surface area contributed by atoms with Crippen LogP contribution in [0.5, 0.6) is 11.5 Å². The molecule has 4 aliphatic rings. The highest BCUT2D eigenvalue weighted by molar-refractivity contribution is 8.00. The molecule has 12 nitrogen and oxygen atoms in total. The Morgan fingerprint density at radius 2 is 1.73 bits per heavy atom. The van der Waals surface area contributed by atoms with E-state index in [1.807, 2.05) is 12.1 Å². The molecule has 2 bridgehead atoms. The first-order chi connectivity index (χ1) is 23.6. The number of aromatic nitrogens is 1. The number of nitrogens with zero attached hydrogens (tertiary/aromatic N) is 2. The number of hydrogen-bond acceptors (Lipinski definition) is 10. The van der Waals surface area contributed by atoms with Gasteiger partial charge in [0.1, 0.15) is 0 Å². The summed E-state index contributed by atoms with van der Waals surface area (Å²) in [6, 6.07) is 17.7. The Morgan fingerprint density at radius 1 is 1.02 bits per heavy atom. The Kier molecular flexibility index (Phi) is 7.76. The number of aromatic amines is 1. The van der Waals surface area contributed by atoms with Crippen molar-refractivity contribution in [3.63, 3.8) is 0 Å². The van der Waals surface area contributed by atoms with Gasteiger partial charge in [-0.1, -0.05) is 29.0 Å². The summed E-state index contributed by atoms with van der Waals surface area (Å²) in [7, 11) is 1.51. The number of hydrogen-bond donors (Lipinski definition) is 2. The van der Waals surface area contributed by atoms with Crippen molar-refractivity contribution in [2.75, 3.05) is 23.9 Å². The molecule has 250 valence electrons. The van der Waals surface area contributed by atoms with E-state index in [4.69, 9.17) is 21.1 Å². The van der Waals surface area contributed by atoms with E-state index >= 15 is 0 Å². The van der Waals surface area contributed by atoms with E-state index in [2.05, 4.69) is 10.3 Å². The van der Waals surface area contributed by atoms with Gasteiger partial charge in [-0.15, -0.1) is 11.8 Å². The molecule has 8 rings (SSSR count). The van der Waals surface area contributed by atoms with Gasteiger partial charge < -0.3 is 19.8 Å².